The Kier molecular flexibility index (Phi) is 3.84. The normalized spacial score (nSPS) is 17.4. The zero-order chi connectivity index (χ0) is 14.8. The van der Waals surface area contributed by atoms with Crippen molar-refractivity contribution < 1.29 is 9.72 Å². The van der Waals surface area contributed by atoms with E-state index in [9.17, 15) is 14.9 Å². The van der Waals surface area contributed by atoms with Crippen molar-refractivity contribution in [3.8, 4) is 0 Å². The van der Waals surface area contributed by atoms with Gasteiger partial charge < -0.3 is 16.4 Å². The summed E-state index contributed by atoms with van der Waals surface area (Å²) in [5.74, 6) is -0.436. The number of amides is 1. The second kappa shape index (κ2) is 5.41. The first-order valence-corrected chi connectivity index (χ1v) is 6.34. The number of nitrogens with two attached hydrogens (primary N) is 1. The summed E-state index contributed by atoms with van der Waals surface area (Å²) in [7, 11) is 0. The van der Waals surface area contributed by atoms with E-state index in [-0.39, 0.29) is 16.8 Å². The minimum absolute atomic E-state index is 0.0407. The van der Waals surface area contributed by atoms with Crippen LogP contribution in [0.2, 0.25) is 0 Å². The Morgan fingerprint density at radius 2 is 2.20 bits per heavy atom. The van der Waals surface area contributed by atoms with E-state index in [0.29, 0.717) is 5.82 Å². The summed E-state index contributed by atoms with van der Waals surface area (Å²) in [5, 5.41) is 17.2. The number of nitrogens with zero attached hydrogens (tertiary/aromatic N) is 2. The molecule has 20 heavy (non-hydrogen) atoms. The number of rotatable bonds is 4. The molecule has 1 aromatic rings. The van der Waals surface area contributed by atoms with Crippen molar-refractivity contribution in [2.24, 2.45) is 5.73 Å². The number of piperidine rings is 1. The molecule has 2 heterocycles. The van der Waals surface area contributed by atoms with Crippen LogP contribution in [0.5, 0.6) is 0 Å². The Labute approximate surface area is 115 Å². The first-order valence-electron chi connectivity index (χ1n) is 6.34. The first-order chi connectivity index (χ1) is 9.41. The van der Waals surface area contributed by atoms with Gasteiger partial charge in [-0.2, -0.15) is 0 Å². The predicted molar refractivity (Wildman–Crippen MR) is 73.5 cm³/mol. The maximum absolute atomic E-state index is 11.4. The molecule has 8 heteroatoms. The molecule has 0 atom stereocenters. The molecule has 108 valence electrons. The molecule has 1 aliphatic heterocycles. The summed E-state index contributed by atoms with van der Waals surface area (Å²) >= 11 is 0. The molecule has 0 aliphatic carbocycles. The molecule has 0 spiro atoms. The number of carbonyl (C=O) groups is 1. The molecule has 0 radical (unpaired) electrons. The lowest BCUT2D eigenvalue weighted by Crippen LogP contribution is -2.45. The average molecular weight is 279 g/mol. The van der Waals surface area contributed by atoms with Gasteiger partial charge in [-0.3, -0.25) is 14.9 Å². The smallest absolute Gasteiger partial charge is 0.288 e. The minimum atomic E-state index is -0.735. The van der Waals surface area contributed by atoms with E-state index in [4.69, 9.17) is 5.73 Å². The van der Waals surface area contributed by atoms with Crippen molar-refractivity contribution in [2.45, 2.75) is 25.3 Å². The Bertz CT molecular complexity index is 540. The van der Waals surface area contributed by atoms with Gasteiger partial charge in [-0.15, -0.1) is 0 Å². The Morgan fingerprint density at radius 1 is 1.55 bits per heavy atom. The van der Waals surface area contributed by atoms with E-state index in [1.165, 1.54) is 0 Å². The zero-order valence-electron chi connectivity index (χ0n) is 11.2. The monoisotopic (exact) mass is 279 g/mol. The van der Waals surface area contributed by atoms with Crippen LogP contribution in [0.4, 0.5) is 11.5 Å². The highest BCUT2D eigenvalue weighted by Crippen LogP contribution is 2.26. The van der Waals surface area contributed by atoms with Gasteiger partial charge in [0.25, 0.3) is 11.6 Å². The van der Waals surface area contributed by atoms with Crippen LogP contribution in [0.3, 0.4) is 0 Å². The van der Waals surface area contributed by atoms with Gasteiger partial charge in [0.15, 0.2) is 0 Å². The molecular weight excluding hydrogens is 262 g/mol. The summed E-state index contributed by atoms with van der Waals surface area (Å²) in [5.41, 5.74) is 4.86. The minimum Gasteiger partial charge on any atom is -0.365 e. The van der Waals surface area contributed by atoms with Crippen LogP contribution >= 0.6 is 0 Å². The summed E-state index contributed by atoms with van der Waals surface area (Å²) in [6, 6.07) is 1.15. The van der Waals surface area contributed by atoms with Crippen molar-refractivity contribution in [2.75, 3.05) is 18.4 Å². The first kappa shape index (κ1) is 14.2. The highest BCUT2D eigenvalue weighted by Gasteiger charge is 2.28. The van der Waals surface area contributed by atoms with E-state index in [1.807, 2.05) is 6.92 Å². The van der Waals surface area contributed by atoms with Crippen molar-refractivity contribution >= 4 is 17.4 Å². The number of carbonyl (C=O) groups excluding carboxylic acids is 1. The van der Waals surface area contributed by atoms with Crippen molar-refractivity contribution in [1.29, 1.82) is 0 Å². The van der Waals surface area contributed by atoms with E-state index < -0.39 is 10.8 Å². The van der Waals surface area contributed by atoms with Crippen LogP contribution in [0.25, 0.3) is 0 Å². The van der Waals surface area contributed by atoms with Crippen LogP contribution in [-0.2, 0) is 0 Å². The van der Waals surface area contributed by atoms with Crippen LogP contribution in [0, 0.1) is 10.1 Å². The number of pyridine rings is 1. The third-order valence-corrected chi connectivity index (χ3v) is 3.48. The van der Waals surface area contributed by atoms with E-state index >= 15 is 0 Å². The van der Waals surface area contributed by atoms with Gasteiger partial charge in [0, 0.05) is 11.6 Å². The molecule has 0 bridgehead atoms. The highest BCUT2D eigenvalue weighted by atomic mass is 16.6. The number of primary amides is 1. The molecule has 4 N–H and O–H groups in total. The lowest BCUT2D eigenvalue weighted by Gasteiger charge is -2.35. The van der Waals surface area contributed by atoms with E-state index in [0.717, 1.165) is 38.2 Å². The summed E-state index contributed by atoms with van der Waals surface area (Å²) in [6.45, 7) is 3.76. The van der Waals surface area contributed by atoms with Crippen molar-refractivity contribution in [3.05, 3.63) is 27.9 Å². The zero-order valence-corrected chi connectivity index (χ0v) is 11.2. The van der Waals surface area contributed by atoms with Crippen molar-refractivity contribution in [1.82, 2.24) is 10.3 Å². The van der Waals surface area contributed by atoms with E-state index in [2.05, 4.69) is 15.6 Å². The second-order valence-corrected chi connectivity index (χ2v) is 5.15. The van der Waals surface area contributed by atoms with Crippen molar-refractivity contribution in [3.63, 3.8) is 0 Å². The Hall–Kier alpha value is -2.22. The average Bonchev–Trinajstić information content (AvgIpc) is 2.39. The lowest BCUT2D eigenvalue weighted by molar-refractivity contribution is -0.385. The molecule has 0 aromatic carbocycles. The SMILES string of the molecule is CC1(Nc2ncc([N+](=O)[O-])cc2C(N)=O)CCNCC1. The molecule has 1 amide bonds. The molecule has 1 aliphatic rings. The second-order valence-electron chi connectivity index (χ2n) is 5.15. The maximum atomic E-state index is 11.4. The summed E-state index contributed by atoms with van der Waals surface area (Å²) in [4.78, 5) is 25.6. The van der Waals surface area contributed by atoms with Gasteiger partial charge in [-0.25, -0.2) is 4.98 Å². The molecule has 1 aromatic heterocycles. The fourth-order valence-corrected chi connectivity index (χ4v) is 2.23. The van der Waals surface area contributed by atoms with Crippen LogP contribution < -0.4 is 16.4 Å². The summed E-state index contributed by atoms with van der Waals surface area (Å²) in [6.07, 6.45) is 2.85. The van der Waals surface area contributed by atoms with Gasteiger partial charge in [-0.1, -0.05) is 0 Å². The molecule has 8 nitrogen and oxygen atoms in total. The molecule has 0 unspecified atom stereocenters. The van der Waals surface area contributed by atoms with Crippen LogP contribution in [0.15, 0.2) is 12.3 Å². The van der Waals surface area contributed by atoms with Gasteiger partial charge in [0.1, 0.15) is 12.0 Å². The highest BCUT2D eigenvalue weighted by molar-refractivity contribution is 5.98. The number of hydrogen-bond donors (Lipinski definition) is 3. The number of aromatic nitrogens is 1. The Morgan fingerprint density at radius 3 is 2.75 bits per heavy atom. The molecule has 0 saturated carbocycles. The number of anilines is 1. The topological polar surface area (TPSA) is 123 Å². The van der Waals surface area contributed by atoms with Crippen LogP contribution in [-0.4, -0.2) is 34.4 Å². The standard InChI is InChI=1S/C12H17N5O3/c1-12(2-4-14-5-3-12)16-11-9(10(13)18)6-8(7-15-11)17(19)20/h6-7,14H,2-5H2,1H3,(H2,13,18)(H,15,16). The van der Waals surface area contributed by atoms with Gasteiger partial charge >= 0.3 is 0 Å². The number of hydrogen-bond acceptors (Lipinski definition) is 6. The predicted octanol–water partition coefficient (Wildman–Crippen LogP) is 0.643. The molecular formula is C12H17N5O3. The quantitative estimate of drug-likeness (QED) is 0.549. The fraction of sp³-hybridized carbons (Fsp3) is 0.500. The van der Waals surface area contributed by atoms with Gasteiger partial charge in [0.05, 0.1) is 10.5 Å². The molecule has 1 fully saturated rings. The maximum Gasteiger partial charge on any atom is 0.288 e. The Balaban J connectivity index is 2.31. The molecule has 2 rings (SSSR count). The summed E-state index contributed by atoms with van der Waals surface area (Å²) < 4.78 is 0. The third-order valence-electron chi connectivity index (χ3n) is 3.48. The number of nitrogens with one attached hydrogen (secondary N) is 2. The lowest BCUT2D eigenvalue weighted by atomic mass is 9.90. The van der Waals surface area contributed by atoms with Gasteiger partial charge in [0.2, 0.25) is 0 Å². The van der Waals surface area contributed by atoms with E-state index in [1.54, 1.807) is 0 Å². The fourth-order valence-electron chi connectivity index (χ4n) is 2.23. The third kappa shape index (κ3) is 3.02. The van der Waals surface area contributed by atoms with Crippen LogP contribution in [0.1, 0.15) is 30.1 Å². The molecule has 1 saturated heterocycles. The van der Waals surface area contributed by atoms with Gasteiger partial charge in [-0.05, 0) is 32.9 Å². The number of nitro groups is 1. The largest absolute Gasteiger partial charge is 0.365 e.